The van der Waals surface area contributed by atoms with Crippen LogP contribution in [0.1, 0.15) is 27.0 Å². The molecule has 30 heavy (non-hydrogen) atoms. The third-order valence-corrected chi connectivity index (χ3v) is 4.62. The highest BCUT2D eigenvalue weighted by Gasteiger charge is 2.28. The number of benzene rings is 3. The van der Waals surface area contributed by atoms with Crippen molar-refractivity contribution in [3.05, 3.63) is 106 Å². The Morgan fingerprint density at radius 1 is 0.900 bits per heavy atom. The summed E-state index contributed by atoms with van der Waals surface area (Å²) in [7, 11) is 0. The first-order chi connectivity index (χ1) is 14.5. The highest BCUT2D eigenvalue weighted by Crippen LogP contribution is 2.27. The average molecular weight is 399 g/mol. The van der Waals surface area contributed by atoms with E-state index in [-0.39, 0.29) is 11.1 Å². The van der Waals surface area contributed by atoms with Crippen LogP contribution in [0.2, 0.25) is 0 Å². The molecule has 1 aliphatic heterocycles. The molecule has 0 aromatic heterocycles. The van der Waals surface area contributed by atoms with E-state index in [9.17, 15) is 18.4 Å². The zero-order valence-corrected chi connectivity index (χ0v) is 15.7. The SMILES string of the molecule is O=C1Nc2ccc(C#CCc3ccccc3)cc2C(=O)C1=Cc1ccc(F)c(F)c1. The van der Waals surface area contributed by atoms with Crippen molar-refractivity contribution in [2.24, 2.45) is 0 Å². The second-order valence-electron chi connectivity index (χ2n) is 6.74. The van der Waals surface area contributed by atoms with Crippen molar-refractivity contribution in [1.82, 2.24) is 0 Å². The number of amides is 1. The fourth-order valence-electron chi connectivity index (χ4n) is 3.10. The van der Waals surface area contributed by atoms with Crippen molar-refractivity contribution < 1.29 is 18.4 Å². The Balaban J connectivity index is 1.62. The van der Waals surface area contributed by atoms with E-state index in [0.717, 1.165) is 17.7 Å². The molecule has 1 amide bonds. The first-order valence-corrected chi connectivity index (χ1v) is 9.21. The number of ketones is 1. The maximum atomic E-state index is 13.5. The highest BCUT2D eigenvalue weighted by atomic mass is 19.2. The van der Waals surface area contributed by atoms with Gasteiger partial charge in [0.05, 0.1) is 11.3 Å². The Labute approximate surface area is 172 Å². The number of hydrogen-bond donors (Lipinski definition) is 1. The predicted octanol–water partition coefficient (Wildman–Crippen LogP) is 4.78. The molecule has 0 aliphatic carbocycles. The lowest BCUT2D eigenvalue weighted by Crippen LogP contribution is -2.27. The molecule has 0 saturated heterocycles. The Kier molecular flexibility index (Phi) is 5.23. The summed E-state index contributed by atoms with van der Waals surface area (Å²) in [5.74, 6) is 2.95. The summed E-state index contributed by atoms with van der Waals surface area (Å²) in [4.78, 5) is 25.2. The van der Waals surface area contributed by atoms with E-state index in [0.29, 0.717) is 23.2 Å². The smallest absolute Gasteiger partial charge is 0.259 e. The van der Waals surface area contributed by atoms with Crippen LogP contribution < -0.4 is 5.32 Å². The van der Waals surface area contributed by atoms with Crippen LogP contribution in [-0.4, -0.2) is 11.7 Å². The van der Waals surface area contributed by atoms with Crippen LogP contribution in [0, 0.1) is 23.5 Å². The second-order valence-corrected chi connectivity index (χ2v) is 6.74. The van der Waals surface area contributed by atoms with Crippen LogP contribution >= 0.6 is 0 Å². The molecule has 0 spiro atoms. The maximum Gasteiger partial charge on any atom is 0.259 e. The molecule has 1 aliphatic rings. The zero-order chi connectivity index (χ0) is 21.1. The summed E-state index contributed by atoms with van der Waals surface area (Å²) in [6.45, 7) is 0. The standard InChI is InChI=1S/C25H15F2NO2/c26-21-11-9-18(15-22(21)27)14-20-24(29)19-13-17(10-12-23(19)28-25(20)30)8-4-7-16-5-2-1-3-6-16/h1-3,5-6,9-15H,7H2,(H,28,30). The lowest BCUT2D eigenvalue weighted by atomic mass is 9.93. The monoisotopic (exact) mass is 399 g/mol. The van der Waals surface area contributed by atoms with Gasteiger partial charge in [-0.1, -0.05) is 48.2 Å². The van der Waals surface area contributed by atoms with E-state index < -0.39 is 23.3 Å². The van der Waals surface area contributed by atoms with Gasteiger partial charge in [0.1, 0.15) is 0 Å². The van der Waals surface area contributed by atoms with Crippen molar-refractivity contribution in [1.29, 1.82) is 0 Å². The van der Waals surface area contributed by atoms with Gasteiger partial charge in [-0.3, -0.25) is 9.59 Å². The van der Waals surface area contributed by atoms with Crippen molar-refractivity contribution in [2.45, 2.75) is 6.42 Å². The normalized spacial score (nSPS) is 14.0. The molecule has 0 fully saturated rings. The van der Waals surface area contributed by atoms with Crippen molar-refractivity contribution in [2.75, 3.05) is 5.32 Å². The minimum atomic E-state index is -1.05. The minimum Gasteiger partial charge on any atom is -0.321 e. The van der Waals surface area contributed by atoms with Crippen LogP contribution in [0.25, 0.3) is 6.08 Å². The second kappa shape index (κ2) is 8.14. The molecule has 3 aromatic rings. The van der Waals surface area contributed by atoms with Crippen LogP contribution in [0.5, 0.6) is 0 Å². The van der Waals surface area contributed by atoms with Crippen molar-refractivity contribution >= 4 is 23.5 Å². The summed E-state index contributed by atoms with van der Waals surface area (Å²) in [6, 6.07) is 17.9. The van der Waals surface area contributed by atoms with Gasteiger partial charge in [0, 0.05) is 17.5 Å². The summed E-state index contributed by atoms with van der Waals surface area (Å²) in [5.41, 5.74) is 2.48. The van der Waals surface area contributed by atoms with Crippen molar-refractivity contribution in [3.63, 3.8) is 0 Å². The Hall–Kier alpha value is -4.04. The molecule has 146 valence electrons. The molecule has 4 rings (SSSR count). The first kappa shape index (κ1) is 19.3. The predicted molar refractivity (Wildman–Crippen MR) is 111 cm³/mol. The zero-order valence-electron chi connectivity index (χ0n) is 15.7. The number of Topliss-reactive ketones (excluding diaryl/α,β-unsaturated/α-hetero) is 1. The Morgan fingerprint density at radius 2 is 1.70 bits per heavy atom. The van der Waals surface area contributed by atoms with Gasteiger partial charge in [-0.2, -0.15) is 0 Å². The molecule has 0 radical (unpaired) electrons. The van der Waals surface area contributed by atoms with Gasteiger partial charge in [0.2, 0.25) is 5.78 Å². The minimum absolute atomic E-state index is 0.150. The molecule has 0 unspecified atom stereocenters. The number of hydrogen-bond acceptors (Lipinski definition) is 2. The fraction of sp³-hybridized carbons (Fsp3) is 0.0400. The molecule has 1 N–H and O–H groups in total. The topological polar surface area (TPSA) is 46.2 Å². The van der Waals surface area contributed by atoms with Crippen LogP contribution in [0.3, 0.4) is 0 Å². The Morgan fingerprint density at radius 3 is 2.47 bits per heavy atom. The van der Waals surface area contributed by atoms with Gasteiger partial charge in [-0.05, 0) is 47.5 Å². The van der Waals surface area contributed by atoms with Gasteiger partial charge in [0.15, 0.2) is 11.6 Å². The Bertz CT molecular complexity index is 1250. The van der Waals surface area contributed by atoms with E-state index >= 15 is 0 Å². The summed E-state index contributed by atoms with van der Waals surface area (Å²) >= 11 is 0. The number of anilines is 1. The quantitative estimate of drug-likeness (QED) is 0.383. The number of rotatable bonds is 2. The molecule has 0 saturated carbocycles. The van der Waals surface area contributed by atoms with Crippen LogP contribution in [0.4, 0.5) is 14.5 Å². The molecule has 1 heterocycles. The number of nitrogens with one attached hydrogen (secondary N) is 1. The van der Waals surface area contributed by atoms with E-state index in [1.54, 1.807) is 18.2 Å². The van der Waals surface area contributed by atoms with E-state index in [2.05, 4.69) is 17.2 Å². The average Bonchev–Trinajstić information content (AvgIpc) is 2.75. The van der Waals surface area contributed by atoms with Crippen LogP contribution in [-0.2, 0) is 11.2 Å². The highest BCUT2D eigenvalue weighted by molar-refractivity contribution is 6.36. The third-order valence-electron chi connectivity index (χ3n) is 4.62. The summed E-state index contributed by atoms with van der Waals surface area (Å²) in [5, 5.41) is 2.65. The van der Waals surface area contributed by atoms with Crippen LogP contribution in [0.15, 0.2) is 72.3 Å². The molecule has 0 atom stereocenters. The van der Waals surface area contributed by atoms with E-state index in [1.165, 1.54) is 12.1 Å². The van der Waals surface area contributed by atoms with Gasteiger partial charge in [-0.25, -0.2) is 8.78 Å². The maximum absolute atomic E-state index is 13.5. The third kappa shape index (κ3) is 4.03. The van der Waals surface area contributed by atoms with E-state index in [4.69, 9.17) is 0 Å². The fourth-order valence-corrected chi connectivity index (χ4v) is 3.10. The number of fused-ring (bicyclic) bond motifs is 1. The summed E-state index contributed by atoms with van der Waals surface area (Å²) < 4.78 is 26.6. The number of carbonyl (C=O) groups excluding carboxylic acids is 2. The van der Waals surface area contributed by atoms with Crippen molar-refractivity contribution in [3.8, 4) is 11.8 Å². The number of carbonyl (C=O) groups is 2. The summed E-state index contributed by atoms with van der Waals surface area (Å²) in [6.07, 6.45) is 1.82. The largest absolute Gasteiger partial charge is 0.321 e. The van der Waals surface area contributed by atoms with E-state index in [1.807, 2.05) is 30.3 Å². The van der Waals surface area contributed by atoms with Gasteiger partial charge < -0.3 is 5.32 Å². The molecule has 3 aromatic carbocycles. The molecular formula is C25H15F2NO2. The van der Waals surface area contributed by atoms with Gasteiger partial charge in [-0.15, -0.1) is 0 Å². The molecule has 0 bridgehead atoms. The molecule has 5 heteroatoms. The first-order valence-electron chi connectivity index (χ1n) is 9.21. The van der Waals surface area contributed by atoms with Gasteiger partial charge >= 0.3 is 0 Å². The number of halogens is 2. The lowest BCUT2D eigenvalue weighted by molar-refractivity contribution is -0.112. The lowest BCUT2D eigenvalue weighted by Gasteiger charge is -2.18. The molecular weight excluding hydrogens is 384 g/mol. The molecule has 3 nitrogen and oxygen atoms in total. The van der Waals surface area contributed by atoms with Gasteiger partial charge in [0.25, 0.3) is 5.91 Å².